The van der Waals surface area contributed by atoms with Gasteiger partial charge >= 0.3 is 0 Å². The number of nitriles is 1. The quantitative estimate of drug-likeness (QED) is 0.797. The average molecular weight is 220 g/mol. The highest BCUT2D eigenvalue weighted by Crippen LogP contribution is 2.23. The lowest BCUT2D eigenvalue weighted by atomic mass is 10.1. The molecule has 0 saturated heterocycles. The molecule has 0 aliphatic rings. The molecule has 0 spiro atoms. The summed E-state index contributed by atoms with van der Waals surface area (Å²) in [4.78, 5) is 11.6. The van der Waals surface area contributed by atoms with E-state index in [0.717, 1.165) is 0 Å². The van der Waals surface area contributed by atoms with Crippen molar-refractivity contribution in [1.82, 2.24) is 5.32 Å². The first-order chi connectivity index (χ1) is 7.58. The van der Waals surface area contributed by atoms with Crippen LogP contribution in [0.2, 0.25) is 0 Å². The minimum atomic E-state index is -0.603. The number of nitrogens with one attached hydrogen (secondary N) is 1. The van der Waals surface area contributed by atoms with Gasteiger partial charge in [0.15, 0.2) is 0 Å². The fourth-order valence-corrected chi connectivity index (χ4v) is 1.14. The first-order valence-corrected chi connectivity index (χ1v) is 4.66. The molecular formula is C11H12N2O3. The van der Waals surface area contributed by atoms with Crippen molar-refractivity contribution in [3.63, 3.8) is 0 Å². The number of carbonyl (C=O) groups is 1. The van der Waals surface area contributed by atoms with Gasteiger partial charge < -0.3 is 15.2 Å². The van der Waals surface area contributed by atoms with Gasteiger partial charge in [0.05, 0.1) is 18.7 Å². The van der Waals surface area contributed by atoms with Gasteiger partial charge in [-0.15, -0.1) is 0 Å². The summed E-state index contributed by atoms with van der Waals surface area (Å²) in [7, 11) is 1.46. The highest BCUT2D eigenvalue weighted by atomic mass is 16.5. The van der Waals surface area contributed by atoms with Crippen LogP contribution in [0.5, 0.6) is 11.5 Å². The van der Waals surface area contributed by atoms with E-state index in [1.54, 1.807) is 13.0 Å². The smallest absolute Gasteiger partial charge is 0.256 e. The van der Waals surface area contributed by atoms with E-state index in [-0.39, 0.29) is 11.3 Å². The first-order valence-electron chi connectivity index (χ1n) is 4.66. The number of rotatable bonds is 3. The van der Waals surface area contributed by atoms with Crippen molar-refractivity contribution < 1.29 is 14.6 Å². The zero-order chi connectivity index (χ0) is 12.1. The minimum Gasteiger partial charge on any atom is -0.507 e. The van der Waals surface area contributed by atoms with Gasteiger partial charge in [-0.05, 0) is 19.1 Å². The molecule has 0 radical (unpaired) electrons. The van der Waals surface area contributed by atoms with E-state index in [9.17, 15) is 9.90 Å². The molecule has 1 rings (SSSR count). The molecule has 1 unspecified atom stereocenters. The molecule has 0 aromatic heterocycles. The summed E-state index contributed by atoms with van der Waals surface area (Å²) in [5.74, 6) is -0.210. The van der Waals surface area contributed by atoms with Crippen molar-refractivity contribution in [1.29, 1.82) is 5.26 Å². The highest BCUT2D eigenvalue weighted by Gasteiger charge is 2.13. The van der Waals surface area contributed by atoms with Crippen molar-refractivity contribution in [2.75, 3.05) is 7.11 Å². The predicted molar refractivity (Wildman–Crippen MR) is 57.2 cm³/mol. The summed E-state index contributed by atoms with van der Waals surface area (Å²) >= 11 is 0. The molecule has 84 valence electrons. The zero-order valence-electron chi connectivity index (χ0n) is 9.02. The molecule has 1 amide bonds. The number of carbonyl (C=O) groups excluding carboxylic acids is 1. The molecule has 0 aliphatic heterocycles. The Morgan fingerprint density at radius 2 is 2.31 bits per heavy atom. The van der Waals surface area contributed by atoms with Crippen LogP contribution in [0.3, 0.4) is 0 Å². The Hall–Kier alpha value is -2.22. The molecule has 5 nitrogen and oxygen atoms in total. The lowest BCUT2D eigenvalue weighted by Gasteiger charge is -2.08. The summed E-state index contributed by atoms with van der Waals surface area (Å²) in [6, 6.07) is 5.61. The Bertz CT molecular complexity index is 437. The average Bonchev–Trinajstić information content (AvgIpc) is 2.28. The fourth-order valence-electron chi connectivity index (χ4n) is 1.14. The number of ether oxygens (including phenoxy) is 1. The van der Waals surface area contributed by atoms with Gasteiger partial charge in [-0.25, -0.2) is 0 Å². The number of hydrogen-bond donors (Lipinski definition) is 2. The molecule has 0 fully saturated rings. The maximum absolute atomic E-state index is 11.6. The van der Waals surface area contributed by atoms with Crippen LogP contribution in [0, 0.1) is 11.3 Å². The lowest BCUT2D eigenvalue weighted by molar-refractivity contribution is 0.0945. The number of phenolic OH excluding ortho intramolecular Hbond substituents is 1. The van der Waals surface area contributed by atoms with Crippen LogP contribution < -0.4 is 10.1 Å². The van der Waals surface area contributed by atoms with E-state index in [2.05, 4.69) is 5.32 Å². The van der Waals surface area contributed by atoms with Gasteiger partial charge in [0.2, 0.25) is 0 Å². The molecule has 0 aliphatic carbocycles. The first kappa shape index (κ1) is 11.9. The normalized spacial score (nSPS) is 11.3. The van der Waals surface area contributed by atoms with Crippen LogP contribution in [0.1, 0.15) is 17.3 Å². The van der Waals surface area contributed by atoms with E-state index < -0.39 is 11.9 Å². The van der Waals surface area contributed by atoms with Gasteiger partial charge in [-0.2, -0.15) is 5.26 Å². The van der Waals surface area contributed by atoms with Crippen molar-refractivity contribution in [3.8, 4) is 17.6 Å². The molecule has 1 aromatic rings. The van der Waals surface area contributed by atoms with Crippen LogP contribution in [-0.4, -0.2) is 24.2 Å². The third-order valence-electron chi connectivity index (χ3n) is 1.99. The van der Waals surface area contributed by atoms with Crippen molar-refractivity contribution in [2.45, 2.75) is 13.0 Å². The minimum absolute atomic E-state index is 0.114. The Balaban J connectivity index is 2.89. The Morgan fingerprint density at radius 1 is 1.62 bits per heavy atom. The molecule has 2 N–H and O–H groups in total. The molecule has 16 heavy (non-hydrogen) atoms. The van der Waals surface area contributed by atoms with Gasteiger partial charge in [-0.3, -0.25) is 4.79 Å². The van der Waals surface area contributed by atoms with Gasteiger partial charge in [0.25, 0.3) is 5.91 Å². The van der Waals surface area contributed by atoms with Crippen LogP contribution >= 0.6 is 0 Å². The third-order valence-corrected chi connectivity index (χ3v) is 1.99. The van der Waals surface area contributed by atoms with Gasteiger partial charge in [-0.1, -0.05) is 0 Å². The molecule has 5 heteroatoms. The number of phenols is 1. The van der Waals surface area contributed by atoms with Crippen molar-refractivity contribution in [3.05, 3.63) is 23.8 Å². The van der Waals surface area contributed by atoms with E-state index in [1.165, 1.54) is 19.2 Å². The summed E-state index contributed by atoms with van der Waals surface area (Å²) < 4.78 is 4.89. The Kier molecular flexibility index (Phi) is 3.72. The van der Waals surface area contributed by atoms with Gasteiger partial charge in [0.1, 0.15) is 17.5 Å². The molecule has 0 heterocycles. The molecule has 1 atom stereocenters. The van der Waals surface area contributed by atoms with Crippen LogP contribution in [0.25, 0.3) is 0 Å². The summed E-state index contributed by atoms with van der Waals surface area (Å²) in [6.45, 7) is 1.55. The van der Waals surface area contributed by atoms with E-state index in [4.69, 9.17) is 10.00 Å². The van der Waals surface area contributed by atoms with E-state index >= 15 is 0 Å². The van der Waals surface area contributed by atoms with Crippen molar-refractivity contribution >= 4 is 5.91 Å². The van der Waals surface area contributed by atoms with Gasteiger partial charge in [0, 0.05) is 6.07 Å². The van der Waals surface area contributed by atoms with E-state index in [1.807, 2.05) is 6.07 Å². The largest absolute Gasteiger partial charge is 0.507 e. The molecule has 0 bridgehead atoms. The number of hydrogen-bond acceptors (Lipinski definition) is 4. The maximum atomic E-state index is 11.6. The number of amides is 1. The van der Waals surface area contributed by atoms with Crippen LogP contribution in [-0.2, 0) is 0 Å². The van der Waals surface area contributed by atoms with Crippen LogP contribution in [0.4, 0.5) is 0 Å². The summed E-state index contributed by atoms with van der Waals surface area (Å²) in [6.07, 6.45) is 0. The number of aromatic hydroxyl groups is 1. The topological polar surface area (TPSA) is 82.3 Å². The monoisotopic (exact) mass is 220 g/mol. The predicted octanol–water partition coefficient (Wildman–Crippen LogP) is 1.04. The maximum Gasteiger partial charge on any atom is 0.256 e. The fraction of sp³-hybridized carbons (Fsp3) is 0.273. The zero-order valence-corrected chi connectivity index (χ0v) is 9.02. The van der Waals surface area contributed by atoms with Crippen LogP contribution in [0.15, 0.2) is 18.2 Å². The lowest BCUT2D eigenvalue weighted by Crippen LogP contribution is -2.31. The Labute approximate surface area is 93.3 Å². The second kappa shape index (κ2) is 5.03. The van der Waals surface area contributed by atoms with E-state index in [0.29, 0.717) is 5.75 Å². The van der Waals surface area contributed by atoms with Crippen molar-refractivity contribution in [2.24, 2.45) is 0 Å². The number of benzene rings is 1. The summed E-state index contributed by atoms with van der Waals surface area (Å²) in [5.41, 5.74) is 0.114. The molecular weight excluding hydrogens is 208 g/mol. The standard InChI is InChI=1S/C11H12N2O3/c1-7(6-12)13-11(15)9-4-3-8(16-2)5-10(9)14/h3-5,7,14H,1-2H3,(H,13,15). The summed E-state index contributed by atoms with van der Waals surface area (Å²) in [5, 5.41) is 20.5. The SMILES string of the molecule is COc1ccc(C(=O)NC(C)C#N)c(O)c1. The second-order valence-electron chi connectivity index (χ2n) is 3.21. The third kappa shape index (κ3) is 2.64. The molecule has 1 aromatic carbocycles. The Morgan fingerprint density at radius 3 is 2.81 bits per heavy atom. The number of nitrogens with zero attached hydrogens (tertiary/aromatic N) is 1. The highest BCUT2D eigenvalue weighted by molar-refractivity contribution is 5.97. The number of methoxy groups -OCH3 is 1. The molecule has 0 saturated carbocycles. The second-order valence-corrected chi connectivity index (χ2v) is 3.21.